The predicted molar refractivity (Wildman–Crippen MR) is 113 cm³/mol. The summed E-state index contributed by atoms with van der Waals surface area (Å²) < 4.78 is 35.4. The van der Waals surface area contributed by atoms with Crippen LogP contribution in [-0.2, 0) is 0 Å². The first-order valence-electron chi connectivity index (χ1n) is 10.2. The van der Waals surface area contributed by atoms with Crippen LogP contribution in [0.15, 0.2) is 73.2 Å². The SMILES string of the molecule is O=C(c1ccccc1-n1nccn1)N1CCC(F)(F)C(Oc2ccnc3ccccc23)C1. The summed E-state index contributed by atoms with van der Waals surface area (Å²) in [5, 5.41) is 8.81. The number of likely N-dealkylation sites (tertiary alicyclic amines) is 1. The third-order valence-corrected chi connectivity index (χ3v) is 5.51. The number of fused-ring (bicyclic) bond motifs is 1. The van der Waals surface area contributed by atoms with Crippen LogP contribution in [0.2, 0.25) is 0 Å². The first kappa shape index (κ1) is 20.0. The first-order chi connectivity index (χ1) is 15.5. The van der Waals surface area contributed by atoms with Crippen molar-refractivity contribution in [3.8, 4) is 11.4 Å². The van der Waals surface area contributed by atoms with Crippen LogP contribution >= 0.6 is 0 Å². The summed E-state index contributed by atoms with van der Waals surface area (Å²) in [7, 11) is 0. The molecule has 1 atom stereocenters. The minimum Gasteiger partial charge on any atom is -0.481 e. The molecule has 3 heterocycles. The molecule has 9 heteroatoms. The maximum Gasteiger partial charge on any atom is 0.287 e. The fraction of sp³-hybridized carbons (Fsp3) is 0.217. The largest absolute Gasteiger partial charge is 0.481 e. The zero-order chi connectivity index (χ0) is 22.1. The number of ether oxygens (including phenoxy) is 1. The number of hydrogen-bond acceptors (Lipinski definition) is 5. The number of alkyl halides is 2. The van der Waals surface area contributed by atoms with Crippen LogP contribution in [0.25, 0.3) is 16.6 Å². The third-order valence-electron chi connectivity index (χ3n) is 5.51. The molecule has 2 aromatic heterocycles. The number of amides is 1. The molecule has 32 heavy (non-hydrogen) atoms. The van der Waals surface area contributed by atoms with E-state index in [-0.39, 0.29) is 19.0 Å². The van der Waals surface area contributed by atoms with Gasteiger partial charge in [-0.05, 0) is 30.3 Å². The van der Waals surface area contributed by atoms with Crippen LogP contribution in [-0.4, -0.2) is 55.9 Å². The number of benzene rings is 2. The summed E-state index contributed by atoms with van der Waals surface area (Å²) >= 11 is 0. The van der Waals surface area contributed by atoms with E-state index >= 15 is 0 Å². The van der Waals surface area contributed by atoms with Crippen molar-refractivity contribution in [2.75, 3.05) is 13.1 Å². The van der Waals surface area contributed by atoms with E-state index in [2.05, 4.69) is 15.2 Å². The number of carbonyl (C=O) groups excluding carboxylic acids is 1. The van der Waals surface area contributed by atoms with Crippen LogP contribution in [0.4, 0.5) is 8.78 Å². The molecule has 0 radical (unpaired) electrons. The van der Waals surface area contributed by atoms with Gasteiger partial charge in [-0.3, -0.25) is 9.78 Å². The predicted octanol–water partition coefficient (Wildman–Crippen LogP) is 3.74. The maximum atomic E-state index is 14.8. The van der Waals surface area contributed by atoms with Crippen LogP contribution in [0.5, 0.6) is 5.75 Å². The van der Waals surface area contributed by atoms with Gasteiger partial charge in [-0.2, -0.15) is 15.0 Å². The summed E-state index contributed by atoms with van der Waals surface area (Å²) in [4.78, 5) is 20.3. The number of halogens is 2. The van der Waals surface area contributed by atoms with Crippen molar-refractivity contribution in [2.45, 2.75) is 18.4 Å². The van der Waals surface area contributed by atoms with Gasteiger partial charge >= 0.3 is 0 Å². The fourth-order valence-corrected chi connectivity index (χ4v) is 3.84. The molecule has 0 saturated carbocycles. The maximum absolute atomic E-state index is 14.8. The molecule has 0 aliphatic carbocycles. The van der Waals surface area contributed by atoms with Crippen LogP contribution in [0.1, 0.15) is 16.8 Å². The van der Waals surface area contributed by atoms with Gasteiger partial charge in [0, 0.05) is 24.5 Å². The molecule has 0 bridgehead atoms. The van der Waals surface area contributed by atoms with Crippen molar-refractivity contribution in [1.82, 2.24) is 24.9 Å². The quantitative estimate of drug-likeness (QED) is 0.488. The molecule has 0 N–H and O–H groups in total. The van der Waals surface area contributed by atoms with Crippen molar-refractivity contribution in [2.24, 2.45) is 0 Å². The molecule has 162 valence electrons. The number of piperidine rings is 1. The van der Waals surface area contributed by atoms with Crippen molar-refractivity contribution in [1.29, 1.82) is 0 Å². The van der Waals surface area contributed by atoms with E-state index in [0.717, 1.165) is 0 Å². The van der Waals surface area contributed by atoms with Gasteiger partial charge in [0.15, 0.2) is 6.10 Å². The molecular weight excluding hydrogens is 416 g/mol. The normalized spacial score (nSPS) is 17.9. The van der Waals surface area contributed by atoms with E-state index in [1.54, 1.807) is 48.5 Å². The number of aromatic nitrogens is 4. The highest BCUT2D eigenvalue weighted by atomic mass is 19.3. The number of carbonyl (C=O) groups is 1. The summed E-state index contributed by atoms with van der Waals surface area (Å²) in [5.74, 6) is -3.14. The Hall–Kier alpha value is -3.88. The number of pyridine rings is 1. The Morgan fingerprint density at radius 1 is 1.00 bits per heavy atom. The highest BCUT2D eigenvalue weighted by Gasteiger charge is 2.47. The number of hydrogen-bond donors (Lipinski definition) is 0. The Morgan fingerprint density at radius 2 is 1.75 bits per heavy atom. The molecule has 1 aliphatic heterocycles. The van der Waals surface area contributed by atoms with Crippen molar-refractivity contribution in [3.05, 3.63) is 78.8 Å². The Balaban J connectivity index is 1.43. The Labute approximate surface area is 182 Å². The standard InChI is InChI=1S/C23H19F2N5O2/c24-23(25)10-14-29(22(31)17-6-2-4-8-19(17)30-27-12-13-28-30)15-21(23)32-20-9-11-26-18-7-3-1-5-16(18)20/h1-9,11-13,21H,10,14-15H2. The minimum atomic E-state index is -3.08. The van der Waals surface area contributed by atoms with E-state index in [1.807, 2.05) is 6.07 Å². The lowest BCUT2D eigenvalue weighted by Gasteiger charge is -2.38. The fourth-order valence-electron chi connectivity index (χ4n) is 3.84. The molecule has 7 nitrogen and oxygen atoms in total. The summed E-state index contributed by atoms with van der Waals surface area (Å²) in [6, 6.07) is 15.6. The van der Waals surface area contributed by atoms with Crippen molar-refractivity contribution >= 4 is 16.8 Å². The average Bonchev–Trinajstić information content (AvgIpc) is 3.35. The highest BCUT2D eigenvalue weighted by Crippen LogP contribution is 2.34. The third kappa shape index (κ3) is 3.66. The zero-order valence-corrected chi connectivity index (χ0v) is 16.9. The summed E-state index contributed by atoms with van der Waals surface area (Å²) in [6.07, 6.45) is 2.56. The molecule has 4 aromatic rings. The van der Waals surface area contributed by atoms with Gasteiger partial charge in [0.1, 0.15) is 5.75 Å². The van der Waals surface area contributed by atoms with Gasteiger partial charge in [-0.15, -0.1) is 0 Å². The van der Waals surface area contributed by atoms with Crippen molar-refractivity contribution < 1.29 is 18.3 Å². The molecule has 1 saturated heterocycles. The van der Waals surface area contributed by atoms with E-state index in [4.69, 9.17) is 4.74 Å². The monoisotopic (exact) mass is 435 g/mol. The van der Waals surface area contributed by atoms with Gasteiger partial charge in [0.05, 0.1) is 35.7 Å². The summed E-state index contributed by atoms with van der Waals surface area (Å²) in [5.41, 5.74) is 1.47. The second-order valence-corrected chi connectivity index (χ2v) is 7.53. The highest BCUT2D eigenvalue weighted by molar-refractivity contribution is 5.97. The van der Waals surface area contributed by atoms with Gasteiger partial charge in [-0.1, -0.05) is 24.3 Å². The van der Waals surface area contributed by atoms with Crippen LogP contribution in [0.3, 0.4) is 0 Å². The van der Waals surface area contributed by atoms with Gasteiger partial charge < -0.3 is 9.64 Å². The van der Waals surface area contributed by atoms with Gasteiger partial charge in [0.2, 0.25) is 0 Å². The zero-order valence-electron chi connectivity index (χ0n) is 16.9. The second kappa shape index (κ2) is 7.99. The van der Waals surface area contributed by atoms with E-state index in [9.17, 15) is 13.6 Å². The van der Waals surface area contributed by atoms with E-state index < -0.39 is 18.4 Å². The Kier molecular flexibility index (Phi) is 5.01. The van der Waals surface area contributed by atoms with E-state index in [1.165, 1.54) is 28.3 Å². The van der Waals surface area contributed by atoms with E-state index in [0.29, 0.717) is 27.9 Å². The van der Waals surface area contributed by atoms with Gasteiger partial charge in [-0.25, -0.2) is 8.78 Å². The van der Waals surface area contributed by atoms with Crippen LogP contribution < -0.4 is 4.74 Å². The summed E-state index contributed by atoms with van der Waals surface area (Å²) in [6.45, 7) is -0.326. The lowest BCUT2D eigenvalue weighted by molar-refractivity contribution is -0.129. The van der Waals surface area contributed by atoms with Crippen molar-refractivity contribution in [3.63, 3.8) is 0 Å². The molecule has 2 aromatic carbocycles. The molecule has 5 rings (SSSR count). The van der Waals surface area contributed by atoms with Crippen LogP contribution in [0, 0.1) is 0 Å². The number of para-hydroxylation sites is 2. The lowest BCUT2D eigenvalue weighted by Crippen LogP contribution is -2.55. The number of nitrogens with zero attached hydrogens (tertiary/aromatic N) is 5. The smallest absolute Gasteiger partial charge is 0.287 e. The lowest BCUT2D eigenvalue weighted by atomic mass is 10.0. The number of rotatable bonds is 4. The molecule has 0 spiro atoms. The molecule has 1 unspecified atom stereocenters. The minimum absolute atomic E-state index is 0.0797. The molecule has 1 fully saturated rings. The Bertz CT molecular complexity index is 1260. The van der Waals surface area contributed by atoms with Gasteiger partial charge in [0.25, 0.3) is 11.8 Å². The molecule has 1 aliphatic rings. The molecule has 1 amide bonds. The first-order valence-corrected chi connectivity index (χ1v) is 10.2. The molecular formula is C23H19F2N5O2. The topological polar surface area (TPSA) is 73.1 Å². The Morgan fingerprint density at radius 3 is 2.59 bits per heavy atom. The average molecular weight is 435 g/mol. The second-order valence-electron chi connectivity index (χ2n) is 7.53.